The van der Waals surface area contributed by atoms with Gasteiger partial charge in [0.1, 0.15) is 5.82 Å². The first-order chi connectivity index (χ1) is 6.57. The highest BCUT2D eigenvalue weighted by Crippen LogP contribution is 2.45. The summed E-state index contributed by atoms with van der Waals surface area (Å²) in [7, 11) is 0. The molecule has 0 aliphatic heterocycles. The van der Waals surface area contributed by atoms with Gasteiger partial charge in [-0.15, -0.1) is 10.2 Å². The van der Waals surface area contributed by atoms with Gasteiger partial charge in [0.25, 0.3) is 0 Å². The van der Waals surface area contributed by atoms with E-state index in [1.807, 2.05) is 0 Å². The molecule has 1 aromatic rings. The summed E-state index contributed by atoms with van der Waals surface area (Å²) in [6.45, 7) is 6.53. The zero-order chi connectivity index (χ0) is 10.3. The van der Waals surface area contributed by atoms with Gasteiger partial charge in [-0.3, -0.25) is 4.57 Å². The SMILES string of the molecule is CCc1nnc(Cl)n1C(C)(C)C1CC1. The van der Waals surface area contributed by atoms with Gasteiger partial charge in [-0.2, -0.15) is 0 Å². The van der Waals surface area contributed by atoms with Crippen molar-refractivity contribution in [1.29, 1.82) is 0 Å². The second-order valence-corrected chi connectivity index (χ2v) is 4.84. The summed E-state index contributed by atoms with van der Waals surface area (Å²) in [5, 5.41) is 8.56. The summed E-state index contributed by atoms with van der Waals surface area (Å²) in [6, 6.07) is 0. The monoisotopic (exact) mass is 213 g/mol. The van der Waals surface area contributed by atoms with Crippen LogP contribution in [0.4, 0.5) is 0 Å². The van der Waals surface area contributed by atoms with Crippen molar-refractivity contribution in [2.75, 3.05) is 0 Å². The van der Waals surface area contributed by atoms with Gasteiger partial charge >= 0.3 is 0 Å². The summed E-state index contributed by atoms with van der Waals surface area (Å²) >= 11 is 6.07. The molecule has 14 heavy (non-hydrogen) atoms. The van der Waals surface area contributed by atoms with Crippen LogP contribution in [0.1, 0.15) is 39.4 Å². The van der Waals surface area contributed by atoms with E-state index in [0.717, 1.165) is 18.2 Å². The lowest BCUT2D eigenvalue weighted by Gasteiger charge is -2.28. The molecule has 78 valence electrons. The van der Waals surface area contributed by atoms with Crippen molar-refractivity contribution in [3.63, 3.8) is 0 Å². The second-order valence-electron chi connectivity index (χ2n) is 4.50. The lowest BCUT2D eigenvalue weighted by molar-refractivity contribution is 0.295. The first-order valence-electron chi connectivity index (χ1n) is 5.17. The molecule has 3 nitrogen and oxygen atoms in total. The molecule has 0 atom stereocenters. The third-order valence-corrected chi connectivity index (χ3v) is 3.40. The molecule has 1 heterocycles. The van der Waals surface area contributed by atoms with Crippen LogP contribution in [0.5, 0.6) is 0 Å². The molecule has 0 saturated heterocycles. The van der Waals surface area contributed by atoms with E-state index in [0.29, 0.717) is 5.28 Å². The highest BCUT2D eigenvalue weighted by atomic mass is 35.5. The average molecular weight is 214 g/mol. The van der Waals surface area contributed by atoms with Gasteiger partial charge in [0.05, 0.1) is 0 Å². The van der Waals surface area contributed by atoms with Gasteiger partial charge < -0.3 is 0 Å². The third kappa shape index (κ3) is 1.44. The number of halogens is 1. The Hall–Kier alpha value is -0.570. The normalized spacial score (nSPS) is 17.4. The van der Waals surface area contributed by atoms with E-state index < -0.39 is 0 Å². The van der Waals surface area contributed by atoms with E-state index >= 15 is 0 Å². The Kier molecular flexibility index (Phi) is 2.30. The first kappa shape index (κ1) is 9.97. The number of aromatic nitrogens is 3. The minimum atomic E-state index is 0.0753. The van der Waals surface area contributed by atoms with E-state index in [1.54, 1.807) is 0 Å². The summed E-state index contributed by atoms with van der Waals surface area (Å²) < 4.78 is 2.09. The van der Waals surface area contributed by atoms with Crippen molar-refractivity contribution < 1.29 is 0 Å². The Labute approximate surface area is 89.5 Å². The Bertz CT molecular complexity index is 339. The fraction of sp³-hybridized carbons (Fsp3) is 0.800. The van der Waals surface area contributed by atoms with Crippen LogP contribution in [0, 0.1) is 5.92 Å². The standard InChI is InChI=1S/C10H16ClN3/c1-4-8-12-13-9(11)14(8)10(2,3)7-5-6-7/h7H,4-6H2,1-3H3. The molecular weight excluding hydrogens is 198 g/mol. The van der Waals surface area contributed by atoms with Crippen molar-refractivity contribution >= 4 is 11.6 Å². The molecule has 0 spiro atoms. The lowest BCUT2D eigenvalue weighted by Crippen LogP contribution is -2.30. The fourth-order valence-corrected chi connectivity index (χ4v) is 2.42. The van der Waals surface area contributed by atoms with Crippen LogP contribution in [0.25, 0.3) is 0 Å². The molecule has 1 aromatic heterocycles. The van der Waals surface area contributed by atoms with Crippen LogP contribution in [-0.2, 0) is 12.0 Å². The van der Waals surface area contributed by atoms with E-state index in [1.165, 1.54) is 12.8 Å². The molecule has 1 aliphatic rings. The molecule has 1 aliphatic carbocycles. The van der Waals surface area contributed by atoms with Gasteiger partial charge in [-0.1, -0.05) is 6.92 Å². The quantitative estimate of drug-likeness (QED) is 0.773. The Morgan fingerprint density at radius 2 is 2.07 bits per heavy atom. The van der Waals surface area contributed by atoms with E-state index in [4.69, 9.17) is 11.6 Å². The van der Waals surface area contributed by atoms with Crippen LogP contribution in [0.2, 0.25) is 5.28 Å². The molecule has 1 saturated carbocycles. The van der Waals surface area contributed by atoms with Crippen LogP contribution < -0.4 is 0 Å². The van der Waals surface area contributed by atoms with Crippen molar-refractivity contribution in [3.8, 4) is 0 Å². The minimum Gasteiger partial charge on any atom is -0.296 e. The van der Waals surface area contributed by atoms with E-state index in [9.17, 15) is 0 Å². The van der Waals surface area contributed by atoms with E-state index in [-0.39, 0.29) is 5.54 Å². The van der Waals surface area contributed by atoms with Crippen molar-refractivity contribution in [2.24, 2.45) is 5.92 Å². The maximum absolute atomic E-state index is 6.07. The van der Waals surface area contributed by atoms with Crippen molar-refractivity contribution in [3.05, 3.63) is 11.1 Å². The predicted octanol–water partition coefficient (Wildman–Crippen LogP) is 2.64. The molecule has 0 N–H and O–H groups in total. The highest BCUT2D eigenvalue weighted by molar-refractivity contribution is 6.28. The molecule has 0 amide bonds. The van der Waals surface area contributed by atoms with Gasteiger partial charge in [0, 0.05) is 12.0 Å². The zero-order valence-corrected chi connectivity index (χ0v) is 9.67. The molecular formula is C10H16ClN3. The van der Waals surface area contributed by atoms with Crippen molar-refractivity contribution in [1.82, 2.24) is 14.8 Å². The summed E-state index contributed by atoms with van der Waals surface area (Å²) in [5.74, 6) is 1.73. The van der Waals surface area contributed by atoms with Gasteiger partial charge in [0.15, 0.2) is 0 Å². The zero-order valence-electron chi connectivity index (χ0n) is 8.92. The summed E-state index contributed by atoms with van der Waals surface area (Å²) in [5.41, 5.74) is 0.0753. The second kappa shape index (κ2) is 3.23. The van der Waals surface area contributed by atoms with Gasteiger partial charge in [-0.25, -0.2) is 0 Å². The summed E-state index contributed by atoms with van der Waals surface area (Å²) in [4.78, 5) is 0. The maximum atomic E-state index is 6.07. The maximum Gasteiger partial charge on any atom is 0.225 e. The largest absolute Gasteiger partial charge is 0.296 e. The van der Waals surface area contributed by atoms with Gasteiger partial charge in [-0.05, 0) is 44.2 Å². The number of aryl methyl sites for hydroxylation is 1. The van der Waals surface area contributed by atoms with E-state index in [2.05, 4.69) is 35.5 Å². The smallest absolute Gasteiger partial charge is 0.225 e. The topological polar surface area (TPSA) is 30.7 Å². The van der Waals surface area contributed by atoms with Crippen LogP contribution in [0.3, 0.4) is 0 Å². The van der Waals surface area contributed by atoms with Crippen LogP contribution in [-0.4, -0.2) is 14.8 Å². The highest BCUT2D eigenvalue weighted by Gasteiger charge is 2.41. The van der Waals surface area contributed by atoms with Crippen LogP contribution >= 0.6 is 11.6 Å². The molecule has 0 radical (unpaired) electrons. The number of hydrogen-bond acceptors (Lipinski definition) is 2. The molecule has 1 fully saturated rings. The lowest BCUT2D eigenvalue weighted by atomic mass is 9.98. The van der Waals surface area contributed by atoms with Crippen LogP contribution in [0.15, 0.2) is 0 Å². The molecule has 0 aromatic carbocycles. The third-order valence-electron chi connectivity index (χ3n) is 3.16. The Morgan fingerprint density at radius 3 is 2.57 bits per heavy atom. The fourth-order valence-electron chi connectivity index (χ4n) is 2.07. The predicted molar refractivity (Wildman–Crippen MR) is 56.5 cm³/mol. The number of nitrogens with zero attached hydrogens (tertiary/aromatic N) is 3. The summed E-state index contributed by atoms with van der Waals surface area (Å²) in [6.07, 6.45) is 3.48. The molecule has 0 bridgehead atoms. The van der Waals surface area contributed by atoms with Gasteiger partial charge in [0.2, 0.25) is 5.28 Å². The number of hydrogen-bond donors (Lipinski definition) is 0. The molecule has 2 rings (SSSR count). The molecule has 4 heteroatoms. The van der Waals surface area contributed by atoms with Crippen molar-refractivity contribution in [2.45, 2.75) is 45.6 Å². The first-order valence-corrected chi connectivity index (χ1v) is 5.55. The average Bonchev–Trinajstić information content (AvgIpc) is 2.90. The molecule has 0 unspecified atom stereocenters. The minimum absolute atomic E-state index is 0.0753. The Balaban J connectivity index is 2.42. The Morgan fingerprint density at radius 1 is 1.43 bits per heavy atom. The number of rotatable bonds is 3.